The van der Waals surface area contributed by atoms with Gasteiger partial charge in [-0.1, -0.05) is 0 Å². The highest BCUT2D eigenvalue weighted by molar-refractivity contribution is 6.18. The van der Waals surface area contributed by atoms with Crippen molar-refractivity contribution in [3.63, 3.8) is 0 Å². The van der Waals surface area contributed by atoms with Crippen molar-refractivity contribution in [2.24, 2.45) is 9.98 Å². The first-order valence-electron chi connectivity index (χ1n) is 5.64. The molecule has 0 aliphatic carbocycles. The first kappa shape index (κ1) is 15.0. The number of aliphatic imine (C=N–C) groups is 2. The van der Waals surface area contributed by atoms with Crippen molar-refractivity contribution in [3.05, 3.63) is 28.8 Å². The van der Waals surface area contributed by atoms with E-state index in [0.29, 0.717) is 36.0 Å². The van der Waals surface area contributed by atoms with Crippen LogP contribution in [0.1, 0.15) is 16.7 Å². The Bertz CT molecular complexity index is 408. The number of hydrogen-bond donors (Lipinski definition) is 1. The number of hydrogen-bond acceptors (Lipinski definition) is 3. The lowest BCUT2D eigenvalue weighted by molar-refractivity contribution is 0.473. The Labute approximate surface area is 117 Å². The fourth-order valence-corrected chi connectivity index (χ4v) is 1.65. The molecule has 0 spiro atoms. The summed E-state index contributed by atoms with van der Waals surface area (Å²) >= 11 is 11.1. The fraction of sp³-hybridized carbons (Fsp3) is 0.385. The van der Waals surface area contributed by atoms with Gasteiger partial charge in [0.1, 0.15) is 5.75 Å². The Balaban J connectivity index is 2.98. The summed E-state index contributed by atoms with van der Waals surface area (Å²) in [5, 5.41) is 10.1. The largest absolute Gasteiger partial charge is 0.507 e. The van der Waals surface area contributed by atoms with Crippen molar-refractivity contribution in [1.82, 2.24) is 0 Å². The van der Waals surface area contributed by atoms with Gasteiger partial charge in [-0.25, -0.2) is 0 Å². The highest BCUT2D eigenvalue weighted by atomic mass is 35.5. The first-order valence-corrected chi connectivity index (χ1v) is 6.71. The average Bonchev–Trinajstić information content (AvgIpc) is 2.35. The van der Waals surface area contributed by atoms with E-state index in [0.717, 1.165) is 5.56 Å². The number of rotatable bonds is 6. The smallest absolute Gasteiger partial charge is 0.133 e. The maximum atomic E-state index is 10.1. The molecule has 3 nitrogen and oxygen atoms in total. The van der Waals surface area contributed by atoms with E-state index >= 15 is 0 Å². The number of aromatic hydroxyl groups is 1. The number of aryl methyl sites for hydroxylation is 1. The third kappa shape index (κ3) is 4.67. The van der Waals surface area contributed by atoms with E-state index in [2.05, 4.69) is 9.98 Å². The predicted molar refractivity (Wildman–Crippen MR) is 79.2 cm³/mol. The highest BCUT2D eigenvalue weighted by Crippen LogP contribution is 2.21. The van der Waals surface area contributed by atoms with Gasteiger partial charge in [0.25, 0.3) is 0 Å². The highest BCUT2D eigenvalue weighted by Gasteiger charge is 2.05. The van der Waals surface area contributed by atoms with Gasteiger partial charge >= 0.3 is 0 Å². The number of halogens is 2. The van der Waals surface area contributed by atoms with Gasteiger partial charge in [0.05, 0.1) is 13.1 Å². The quantitative estimate of drug-likeness (QED) is 0.634. The van der Waals surface area contributed by atoms with Crippen molar-refractivity contribution in [2.75, 3.05) is 24.8 Å². The normalized spacial score (nSPS) is 11.7. The minimum atomic E-state index is 0.178. The number of benzene rings is 1. The molecule has 0 radical (unpaired) electrons. The van der Waals surface area contributed by atoms with E-state index in [9.17, 15) is 5.11 Å². The molecule has 98 valence electrons. The molecule has 18 heavy (non-hydrogen) atoms. The number of alkyl halides is 2. The molecule has 0 saturated carbocycles. The Morgan fingerprint density at radius 1 is 1.06 bits per heavy atom. The van der Waals surface area contributed by atoms with E-state index in [1.165, 1.54) is 0 Å². The Kier molecular flexibility index (Phi) is 6.76. The van der Waals surface area contributed by atoms with Crippen LogP contribution in [0.2, 0.25) is 0 Å². The monoisotopic (exact) mass is 286 g/mol. The van der Waals surface area contributed by atoms with Crippen LogP contribution in [0.4, 0.5) is 0 Å². The van der Waals surface area contributed by atoms with Gasteiger partial charge in [0.2, 0.25) is 0 Å². The van der Waals surface area contributed by atoms with Crippen LogP contribution in [0.3, 0.4) is 0 Å². The molecule has 0 heterocycles. The van der Waals surface area contributed by atoms with Gasteiger partial charge < -0.3 is 5.11 Å². The molecule has 0 saturated heterocycles. The minimum Gasteiger partial charge on any atom is -0.507 e. The lowest BCUT2D eigenvalue weighted by atomic mass is 10.1. The van der Waals surface area contributed by atoms with Gasteiger partial charge in [0, 0.05) is 35.3 Å². The van der Waals surface area contributed by atoms with E-state index in [4.69, 9.17) is 23.2 Å². The second-order valence-corrected chi connectivity index (χ2v) is 4.50. The lowest BCUT2D eigenvalue weighted by Gasteiger charge is -2.05. The van der Waals surface area contributed by atoms with E-state index in [1.54, 1.807) is 12.4 Å². The SMILES string of the molecule is Cc1cc(C=NCCCl)c(O)c(C=NCCCl)c1. The molecule has 5 heteroatoms. The van der Waals surface area contributed by atoms with Gasteiger partial charge in [-0.2, -0.15) is 0 Å². The molecule has 0 aliphatic rings. The van der Waals surface area contributed by atoms with Crippen molar-refractivity contribution in [2.45, 2.75) is 6.92 Å². The Morgan fingerprint density at radius 3 is 1.89 bits per heavy atom. The molecule has 0 unspecified atom stereocenters. The summed E-state index contributed by atoms with van der Waals surface area (Å²) in [6.07, 6.45) is 3.26. The number of phenols is 1. The third-order valence-electron chi connectivity index (χ3n) is 2.20. The van der Waals surface area contributed by atoms with Crippen LogP contribution in [-0.4, -0.2) is 42.4 Å². The van der Waals surface area contributed by atoms with Gasteiger partial charge in [-0.15, -0.1) is 23.2 Å². The molecule has 1 aromatic rings. The van der Waals surface area contributed by atoms with Crippen molar-refractivity contribution in [3.8, 4) is 5.75 Å². The summed E-state index contributed by atoms with van der Waals surface area (Å²) < 4.78 is 0. The molecule has 0 fully saturated rings. The molecule has 0 atom stereocenters. The van der Waals surface area contributed by atoms with Crippen LogP contribution in [0.25, 0.3) is 0 Å². The summed E-state index contributed by atoms with van der Waals surface area (Å²) in [6, 6.07) is 3.73. The summed E-state index contributed by atoms with van der Waals surface area (Å²) in [5.41, 5.74) is 2.38. The van der Waals surface area contributed by atoms with Crippen LogP contribution in [0.15, 0.2) is 22.1 Å². The number of phenolic OH excluding ortho intramolecular Hbond substituents is 1. The Morgan fingerprint density at radius 2 is 1.50 bits per heavy atom. The molecule has 1 aromatic carbocycles. The van der Waals surface area contributed by atoms with Crippen LogP contribution in [-0.2, 0) is 0 Å². The van der Waals surface area contributed by atoms with Crippen LogP contribution in [0.5, 0.6) is 5.75 Å². The minimum absolute atomic E-state index is 0.178. The van der Waals surface area contributed by atoms with Crippen LogP contribution < -0.4 is 0 Å². The number of nitrogens with zero attached hydrogens (tertiary/aromatic N) is 2. The van der Waals surface area contributed by atoms with Gasteiger partial charge in [-0.05, 0) is 24.6 Å². The predicted octanol–water partition coefficient (Wildman–Crippen LogP) is 3.02. The summed E-state index contributed by atoms with van der Waals surface area (Å²) in [6.45, 7) is 3.02. The summed E-state index contributed by atoms with van der Waals surface area (Å²) in [4.78, 5) is 8.23. The molecule has 0 bridgehead atoms. The second kappa shape index (κ2) is 8.11. The summed E-state index contributed by atoms with van der Waals surface area (Å²) in [7, 11) is 0. The molecule has 0 amide bonds. The molecule has 0 aliphatic heterocycles. The second-order valence-electron chi connectivity index (χ2n) is 3.74. The average molecular weight is 287 g/mol. The standard InChI is InChI=1S/C13H16Cl2N2O/c1-10-6-11(8-16-4-2-14)13(18)12(7-10)9-17-5-3-15/h6-9,18H,2-5H2,1H3. The maximum Gasteiger partial charge on any atom is 0.133 e. The molecular weight excluding hydrogens is 271 g/mol. The zero-order valence-corrected chi connectivity index (χ0v) is 11.7. The third-order valence-corrected chi connectivity index (χ3v) is 2.54. The summed E-state index contributed by atoms with van der Waals surface area (Å²) in [5.74, 6) is 1.11. The molecule has 1 N–H and O–H groups in total. The van der Waals surface area contributed by atoms with Crippen LogP contribution >= 0.6 is 23.2 Å². The Hall–Kier alpha value is -1.06. The molecule has 1 rings (SSSR count). The fourth-order valence-electron chi connectivity index (χ4n) is 1.46. The first-order chi connectivity index (χ1) is 8.69. The van der Waals surface area contributed by atoms with E-state index in [-0.39, 0.29) is 5.75 Å². The van der Waals surface area contributed by atoms with Gasteiger partial charge in [0.15, 0.2) is 0 Å². The van der Waals surface area contributed by atoms with E-state index < -0.39 is 0 Å². The van der Waals surface area contributed by atoms with Crippen molar-refractivity contribution in [1.29, 1.82) is 0 Å². The molecule has 0 aromatic heterocycles. The van der Waals surface area contributed by atoms with Gasteiger partial charge in [-0.3, -0.25) is 9.98 Å². The zero-order chi connectivity index (χ0) is 13.4. The maximum absolute atomic E-state index is 10.1. The topological polar surface area (TPSA) is 45.0 Å². The molecular formula is C13H16Cl2N2O. The van der Waals surface area contributed by atoms with Crippen molar-refractivity contribution >= 4 is 35.6 Å². The van der Waals surface area contributed by atoms with Crippen molar-refractivity contribution < 1.29 is 5.11 Å². The van der Waals surface area contributed by atoms with Crippen LogP contribution in [0, 0.1) is 6.92 Å². The zero-order valence-electron chi connectivity index (χ0n) is 10.2. The lowest BCUT2D eigenvalue weighted by Crippen LogP contribution is -1.94. The van der Waals surface area contributed by atoms with E-state index in [1.807, 2.05) is 19.1 Å².